The number of esters is 1. The molecular weight excluding hydrogens is 805 g/mol. The Kier molecular flexibility index (Phi) is 10.8. The van der Waals surface area contributed by atoms with E-state index in [1.165, 1.54) is 36.4 Å². The summed E-state index contributed by atoms with van der Waals surface area (Å²) in [6.07, 6.45) is -3.18. The fourth-order valence-corrected chi connectivity index (χ4v) is 9.52. The van der Waals surface area contributed by atoms with Crippen LogP contribution in [-0.2, 0) is 35.9 Å². The molecule has 316 valence electrons. The summed E-state index contributed by atoms with van der Waals surface area (Å²) in [4.78, 5) is 74.3. The number of aromatic hydroxyl groups is 1. The Labute approximate surface area is 361 Å². The number of nitro benzene ring substituents is 1. The Morgan fingerprint density at radius 3 is 2.02 bits per heavy atom. The van der Waals surface area contributed by atoms with Gasteiger partial charge in [0, 0.05) is 18.7 Å². The number of aliphatic hydroxyl groups is 1. The van der Waals surface area contributed by atoms with Gasteiger partial charge in [-0.05, 0) is 63.7 Å². The van der Waals surface area contributed by atoms with E-state index in [4.69, 9.17) is 9.47 Å². The van der Waals surface area contributed by atoms with Crippen molar-refractivity contribution in [1.29, 1.82) is 0 Å². The number of morpholine rings is 1. The van der Waals surface area contributed by atoms with Crippen LogP contribution in [-0.4, -0.2) is 56.5 Å². The number of phenols is 1. The third-order valence-corrected chi connectivity index (χ3v) is 12.2. The summed E-state index contributed by atoms with van der Waals surface area (Å²) in [6, 6.07) is 41.9. The fourth-order valence-electron chi connectivity index (χ4n) is 9.52. The van der Waals surface area contributed by atoms with Crippen LogP contribution >= 0.6 is 0 Å². The number of carbonyl (C=O) groups excluding carboxylic acids is 4. The largest absolute Gasteiger partial charge is 0.508 e. The van der Waals surface area contributed by atoms with Crippen LogP contribution in [0.1, 0.15) is 57.7 Å². The van der Waals surface area contributed by atoms with Crippen LogP contribution in [0.25, 0.3) is 0 Å². The van der Waals surface area contributed by atoms with Gasteiger partial charge in [0.15, 0.2) is 0 Å². The third-order valence-electron chi connectivity index (χ3n) is 12.2. The van der Waals surface area contributed by atoms with E-state index in [0.717, 1.165) is 4.90 Å². The highest BCUT2D eigenvalue weighted by Crippen LogP contribution is 2.65. The summed E-state index contributed by atoms with van der Waals surface area (Å²) in [6.45, 7) is -0.638. The number of amides is 3. The summed E-state index contributed by atoms with van der Waals surface area (Å²) < 4.78 is 12.2. The molecule has 2 fully saturated rings. The Bertz CT molecular complexity index is 2690. The lowest BCUT2D eigenvalue weighted by Gasteiger charge is -2.46. The van der Waals surface area contributed by atoms with Crippen LogP contribution in [0.4, 0.5) is 16.2 Å². The van der Waals surface area contributed by atoms with E-state index >= 15 is 14.4 Å². The lowest BCUT2D eigenvalue weighted by atomic mass is 9.65. The summed E-state index contributed by atoms with van der Waals surface area (Å²) in [5.74, 6) is -4.06. The van der Waals surface area contributed by atoms with Gasteiger partial charge < -0.3 is 25.0 Å². The molecule has 3 heterocycles. The van der Waals surface area contributed by atoms with Crippen molar-refractivity contribution < 1.29 is 43.8 Å². The van der Waals surface area contributed by atoms with Crippen molar-refractivity contribution in [2.24, 2.45) is 5.92 Å². The maximum Gasteiger partial charge on any atom is 0.421 e. The van der Waals surface area contributed by atoms with Crippen molar-refractivity contribution in [3.8, 4) is 5.75 Å². The standard InChI is InChI=1S/C49H40N4O10/c54-36-26-22-34(23-27-36)44-49(37-18-10-11-19-38(37)51(47(49)58)48(59)62-29-30-20-24-35(25-21-30)53(60)61)40(45(56)50-28-39(55)31-12-4-1-5-13-31)42-46(57)63-43(33-16-8-3-9-17-33)41(52(42)44)32-14-6-2-7-15-32/h1-27,39-44,54-55H,28-29H2,(H,50,56)/t39-,40-,41-,42-,43+,44+,49-/m0/s1. The summed E-state index contributed by atoms with van der Waals surface area (Å²) in [7, 11) is 0. The number of nitro groups is 1. The molecule has 3 amide bonds. The van der Waals surface area contributed by atoms with Gasteiger partial charge in [-0.25, -0.2) is 9.69 Å². The number of nitrogens with zero attached hydrogens (tertiary/aromatic N) is 3. The van der Waals surface area contributed by atoms with Crippen LogP contribution in [0.2, 0.25) is 0 Å². The van der Waals surface area contributed by atoms with Crippen molar-refractivity contribution in [3.05, 3.63) is 207 Å². The minimum absolute atomic E-state index is 0.0686. The molecule has 14 heteroatoms. The number of rotatable bonds is 10. The lowest BCUT2D eigenvalue weighted by molar-refractivity contribution is -0.384. The Balaban J connectivity index is 1.24. The molecule has 0 unspecified atom stereocenters. The van der Waals surface area contributed by atoms with Crippen LogP contribution in [0.3, 0.4) is 0 Å². The molecule has 3 aliphatic rings. The number of hydrogen-bond acceptors (Lipinski definition) is 11. The number of para-hydroxylation sites is 1. The number of carbonyl (C=O) groups is 4. The van der Waals surface area contributed by atoms with Crippen molar-refractivity contribution in [1.82, 2.24) is 10.2 Å². The SMILES string of the molecule is O=C1O[C@H](c2ccccc2)[C@H](c2ccccc2)N2[C@H]1[C@@H](C(=O)NC[C@H](O)c1ccccc1)[C@]1(C(=O)N(C(=O)OCc3ccc([N+](=O)[O-])cc3)c3ccccc31)[C@H]2c1ccc(O)cc1. The second kappa shape index (κ2) is 16.6. The van der Waals surface area contributed by atoms with Gasteiger partial charge in [-0.2, -0.15) is 0 Å². The third kappa shape index (κ3) is 7.04. The molecule has 1 spiro atoms. The fraction of sp³-hybridized carbons (Fsp3) is 0.184. The van der Waals surface area contributed by atoms with Crippen LogP contribution in [0, 0.1) is 16.0 Å². The Hall–Kier alpha value is -7.68. The molecule has 0 aromatic heterocycles. The van der Waals surface area contributed by atoms with E-state index < -0.39 is 70.5 Å². The highest BCUT2D eigenvalue weighted by atomic mass is 16.6. The number of fused-ring (bicyclic) bond motifs is 3. The quantitative estimate of drug-likeness (QED) is 0.0722. The van der Waals surface area contributed by atoms with E-state index in [1.54, 1.807) is 66.7 Å². The predicted molar refractivity (Wildman–Crippen MR) is 228 cm³/mol. The maximum atomic E-state index is 16.0. The molecule has 6 aromatic carbocycles. The molecule has 2 saturated heterocycles. The van der Waals surface area contributed by atoms with Crippen molar-refractivity contribution in [2.75, 3.05) is 11.4 Å². The van der Waals surface area contributed by atoms with Crippen molar-refractivity contribution in [2.45, 2.75) is 42.4 Å². The topological polar surface area (TPSA) is 189 Å². The molecular formula is C49H40N4O10. The highest BCUT2D eigenvalue weighted by Gasteiger charge is 2.75. The predicted octanol–water partition coefficient (Wildman–Crippen LogP) is 7.15. The smallest absolute Gasteiger partial charge is 0.421 e. The van der Waals surface area contributed by atoms with Gasteiger partial charge in [0.1, 0.15) is 29.9 Å². The van der Waals surface area contributed by atoms with Gasteiger partial charge in [-0.1, -0.05) is 121 Å². The highest BCUT2D eigenvalue weighted by molar-refractivity contribution is 6.23. The first-order chi connectivity index (χ1) is 30.6. The van der Waals surface area contributed by atoms with Crippen LogP contribution in [0.5, 0.6) is 5.75 Å². The van der Waals surface area contributed by atoms with Crippen LogP contribution in [0.15, 0.2) is 164 Å². The molecule has 0 bridgehead atoms. The Morgan fingerprint density at radius 1 is 0.762 bits per heavy atom. The summed E-state index contributed by atoms with van der Waals surface area (Å²) >= 11 is 0. The second-order valence-corrected chi connectivity index (χ2v) is 15.7. The molecule has 63 heavy (non-hydrogen) atoms. The number of phenolic OH excluding ortho intramolecular Hbond substituents is 1. The number of aliphatic hydroxyl groups excluding tert-OH is 1. The molecule has 0 aliphatic carbocycles. The summed E-state index contributed by atoms with van der Waals surface area (Å²) in [5.41, 5.74) is 0.925. The van der Waals surface area contributed by atoms with Gasteiger partial charge in [0.2, 0.25) is 11.8 Å². The van der Waals surface area contributed by atoms with Crippen molar-refractivity contribution >= 4 is 35.3 Å². The first-order valence-corrected chi connectivity index (χ1v) is 20.3. The monoisotopic (exact) mass is 844 g/mol. The van der Waals surface area contributed by atoms with E-state index in [2.05, 4.69) is 5.32 Å². The average Bonchev–Trinajstić information content (AvgIpc) is 3.77. The molecule has 7 atom stereocenters. The van der Waals surface area contributed by atoms with Gasteiger partial charge in [0.25, 0.3) is 5.69 Å². The number of cyclic esters (lactones) is 1. The van der Waals surface area contributed by atoms with E-state index in [0.29, 0.717) is 27.8 Å². The number of ether oxygens (including phenoxy) is 2. The van der Waals surface area contributed by atoms with Gasteiger partial charge >= 0.3 is 12.1 Å². The number of anilines is 1. The molecule has 14 nitrogen and oxygen atoms in total. The second-order valence-electron chi connectivity index (χ2n) is 15.7. The molecule has 0 radical (unpaired) electrons. The van der Waals surface area contributed by atoms with Gasteiger partial charge in [-0.15, -0.1) is 0 Å². The van der Waals surface area contributed by atoms with E-state index in [1.807, 2.05) is 65.6 Å². The van der Waals surface area contributed by atoms with Crippen LogP contribution < -0.4 is 10.2 Å². The summed E-state index contributed by atoms with van der Waals surface area (Å²) in [5, 5.41) is 36.0. The number of hydrogen-bond donors (Lipinski definition) is 3. The number of imide groups is 1. The average molecular weight is 845 g/mol. The molecule has 3 aliphatic heterocycles. The Morgan fingerprint density at radius 2 is 1.37 bits per heavy atom. The van der Waals surface area contributed by atoms with Crippen molar-refractivity contribution in [3.63, 3.8) is 0 Å². The zero-order valence-corrected chi connectivity index (χ0v) is 33.5. The minimum Gasteiger partial charge on any atom is -0.508 e. The zero-order chi connectivity index (χ0) is 43.8. The first kappa shape index (κ1) is 40.7. The first-order valence-electron chi connectivity index (χ1n) is 20.3. The van der Waals surface area contributed by atoms with E-state index in [9.17, 15) is 25.1 Å². The number of nitrogens with one attached hydrogen (secondary N) is 1. The zero-order valence-electron chi connectivity index (χ0n) is 33.5. The molecule has 6 aromatic rings. The molecule has 9 rings (SSSR count). The van der Waals surface area contributed by atoms with Gasteiger partial charge in [-0.3, -0.25) is 29.4 Å². The maximum absolute atomic E-state index is 16.0. The normalized spacial score (nSPS) is 23.1. The molecule has 0 saturated carbocycles. The van der Waals surface area contributed by atoms with E-state index in [-0.39, 0.29) is 35.8 Å². The molecule has 3 N–H and O–H groups in total. The van der Waals surface area contributed by atoms with Gasteiger partial charge in [0.05, 0.1) is 34.7 Å². The number of benzene rings is 6. The number of non-ortho nitro benzene ring substituents is 1. The lowest BCUT2D eigenvalue weighted by Crippen LogP contribution is -2.56. The minimum atomic E-state index is -2.05.